The van der Waals surface area contributed by atoms with Crippen LogP contribution in [0.15, 0.2) is 48.5 Å². The van der Waals surface area contributed by atoms with Gasteiger partial charge in [0, 0.05) is 5.69 Å². The van der Waals surface area contributed by atoms with Crippen LogP contribution in [-0.2, 0) is 27.2 Å². The molecule has 4 fully saturated rings. The smallest absolute Gasteiger partial charge is 0.307 e. The molecule has 1 aliphatic carbocycles. The fourth-order valence-corrected chi connectivity index (χ4v) is 7.78. The first-order valence-electron chi connectivity index (χ1n) is 15.0. The summed E-state index contributed by atoms with van der Waals surface area (Å²) in [5.41, 5.74) is 2.48. The number of carbonyl (C=O) groups excluding carboxylic acids is 1. The molecule has 3 heterocycles. The van der Waals surface area contributed by atoms with Gasteiger partial charge in [-0.1, -0.05) is 24.3 Å². The zero-order valence-electron chi connectivity index (χ0n) is 23.6. The summed E-state index contributed by atoms with van der Waals surface area (Å²) in [7, 11) is 0. The number of thiocarbonyl (C=S) groups is 1. The van der Waals surface area contributed by atoms with Crippen molar-refractivity contribution in [3.8, 4) is 0 Å². The van der Waals surface area contributed by atoms with Crippen LogP contribution in [-0.4, -0.2) is 64.9 Å². The lowest BCUT2D eigenvalue weighted by Crippen LogP contribution is -2.55. The van der Waals surface area contributed by atoms with Crippen molar-refractivity contribution < 1.29 is 24.6 Å². The van der Waals surface area contributed by atoms with Crippen LogP contribution in [0.4, 0.5) is 11.4 Å². The number of nitrogens with one attached hydrogen (secondary N) is 2. The number of benzene rings is 2. The third-order valence-corrected chi connectivity index (χ3v) is 10.2. The van der Waals surface area contributed by atoms with E-state index in [1.54, 1.807) is 4.90 Å². The van der Waals surface area contributed by atoms with Crippen LogP contribution < -0.4 is 20.4 Å². The Labute approximate surface area is 251 Å². The van der Waals surface area contributed by atoms with Gasteiger partial charge in [-0.3, -0.25) is 19.3 Å². The van der Waals surface area contributed by atoms with E-state index in [0.717, 1.165) is 49.2 Å². The van der Waals surface area contributed by atoms with E-state index in [-0.39, 0.29) is 17.7 Å². The number of carboxylic acid groups (broad SMARTS) is 2. The van der Waals surface area contributed by atoms with Crippen molar-refractivity contribution in [1.29, 1.82) is 0 Å². The maximum atomic E-state index is 14.1. The fourth-order valence-electron chi connectivity index (χ4n) is 7.31. The number of rotatable bonds is 10. The van der Waals surface area contributed by atoms with Gasteiger partial charge in [-0.15, -0.1) is 0 Å². The minimum atomic E-state index is -0.796. The highest BCUT2D eigenvalue weighted by atomic mass is 32.1. The van der Waals surface area contributed by atoms with Crippen LogP contribution in [0.2, 0.25) is 0 Å². The van der Waals surface area contributed by atoms with Crippen LogP contribution in [0.3, 0.4) is 0 Å². The molecule has 4 N–H and O–H groups in total. The van der Waals surface area contributed by atoms with Gasteiger partial charge in [0.05, 0.1) is 17.5 Å². The summed E-state index contributed by atoms with van der Waals surface area (Å²) in [5, 5.41) is 26.9. The molecule has 3 aliphatic heterocycles. The number of amides is 1. The van der Waals surface area contributed by atoms with E-state index in [4.69, 9.17) is 12.2 Å². The molecule has 0 unspecified atom stereocenters. The molecule has 1 saturated carbocycles. The van der Waals surface area contributed by atoms with Crippen molar-refractivity contribution in [2.75, 3.05) is 36.0 Å². The number of nitrogens with zero attached hydrogens (tertiary/aromatic N) is 2. The molecule has 0 aromatic heterocycles. The van der Waals surface area contributed by atoms with Crippen molar-refractivity contribution in [1.82, 2.24) is 10.6 Å². The first kappa shape index (κ1) is 28.8. The standard InChI is InChI=1S/C32H38N4O5S/c37-28(38)26(22-8-12-33-18-22)16-20-4-1-6-24(14-20)35-30(41)32(10-3-11-32)36(31(35)42)25-7-2-5-21(15-25)17-27(29(39)40)23-9-13-34-19-23/h1-2,4-7,14-15,22-23,26-27,33-34H,3,8-13,16-19H2,(H,37,38)(H,39,40)/t22-,23-,26-,27-/m0/s1. The molecule has 2 aromatic carbocycles. The second-order valence-electron chi connectivity index (χ2n) is 12.3. The maximum absolute atomic E-state index is 14.1. The molecule has 9 nitrogen and oxygen atoms in total. The summed E-state index contributed by atoms with van der Waals surface area (Å²) in [4.78, 5) is 41.9. The zero-order valence-corrected chi connectivity index (χ0v) is 24.4. The molecule has 10 heteroatoms. The minimum Gasteiger partial charge on any atom is -0.481 e. The number of hydrogen-bond donors (Lipinski definition) is 4. The number of carboxylic acids is 2. The van der Waals surface area contributed by atoms with Crippen LogP contribution in [0.1, 0.15) is 43.2 Å². The van der Waals surface area contributed by atoms with Crippen molar-refractivity contribution in [3.05, 3.63) is 59.7 Å². The molecule has 42 heavy (non-hydrogen) atoms. The number of carbonyl (C=O) groups is 3. The molecule has 0 radical (unpaired) electrons. The van der Waals surface area contributed by atoms with E-state index in [1.807, 2.05) is 53.4 Å². The highest BCUT2D eigenvalue weighted by Gasteiger charge is 2.59. The molecule has 2 aromatic rings. The fraction of sp³-hybridized carbons (Fsp3) is 0.500. The Morgan fingerprint density at radius 1 is 0.881 bits per heavy atom. The van der Waals surface area contributed by atoms with Crippen LogP contribution >= 0.6 is 12.2 Å². The Bertz CT molecular complexity index is 1380. The van der Waals surface area contributed by atoms with Gasteiger partial charge in [0.2, 0.25) is 0 Å². The molecule has 3 saturated heterocycles. The van der Waals surface area contributed by atoms with Crippen molar-refractivity contribution >= 4 is 46.6 Å². The Balaban J connectivity index is 1.27. The average molecular weight is 591 g/mol. The van der Waals surface area contributed by atoms with Crippen molar-refractivity contribution in [2.24, 2.45) is 23.7 Å². The first-order chi connectivity index (χ1) is 20.3. The molecule has 1 spiro atoms. The van der Waals surface area contributed by atoms with E-state index in [2.05, 4.69) is 10.6 Å². The first-order valence-corrected chi connectivity index (χ1v) is 15.4. The Kier molecular flexibility index (Phi) is 8.04. The summed E-state index contributed by atoms with van der Waals surface area (Å²) in [5.74, 6) is -2.44. The second-order valence-corrected chi connectivity index (χ2v) is 12.7. The summed E-state index contributed by atoms with van der Waals surface area (Å²) in [6, 6.07) is 15.4. The molecule has 0 bridgehead atoms. The highest BCUT2D eigenvalue weighted by Crippen LogP contribution is 2.48. The Morgan fingerprint density at radius 2 is 1.40 bits per heavy atom. The lowest BCUT2D eigenvalue weighted by Gasteiger charge is -2.43. The predicted molar refractivity (Wildman–Crippen MR) is 164 cm³/mol. The summed E-state index contributed by atoms with van der Waals surface area (Å²) >= 11 is 6.00. The van der Waals surface area contributed by atoms with Gasteiger partial charge in [0.25, 0.3) is 5.91 Å². The summed E-state index contributed by atoms with van der Waals surface area (Å²) < 4.78 is 0. The molecule has 222 valence electrons. The maximum Gasteiger partial charge on any atom is 0.307 e. The average Bonchev–Trinajstić information content (AvgIpc) is 3.71. The van der Waals surface area contributed by atoms with Gasteiger partial charge in [0.1, 0.15) is 5.54 Å². The van der Waals surface area contributed by atoms with Gasteiger partial charge in [-0.05, 0) is 131 Å². The van der Waals surface area contributed by atoms with E-state index >= 15 is 0 Å². The lowest BCUT2D eigenvalue weighted by atomic mass is 9.75. The Morgan fingerprint density at radius 3 is 1.86 bits per heavy atom. The van der Waals surface area contributed by atoms with E-state index in [1.165, 1.54) is 0 Å². The van der Waals surface area contributed by atoms with E-state index < -0.39 is 29.3 Å². The van der Waals surface area contributed by atoms with Crippen LogP contribution in [0.25, 0.3) is 0 Å². The monoisotopic (exact) mass is 590 g/mol. The topological polar surface area (TPSA) is 122 Å². The minimum absolute atomic E-state index is 0.0588. The third kappa shape index (κ3) is 5.20. The molecule has 4 aliphatic rings. The lowest BCUT2D eigenvalue weighted by molar-refractivity contribution is -0.144. The molecule has 6 rings (SSSR count). The van der Waals surface area contributed by atoms with Gasteiger partial charge in [0.15, 0.2) is 5.11 Å². The molecular weight excluding hydrogens is 552 g/mol. The SMILES string of the molecule is O=C(O)[C@@H](Cc1cccc(N2C(=O)C3(CCC3)N(c3cccc(C[C@H](C(=O)O)[C@H]4CCNC4)c3)C2=S)c1)[C@H]1CCNC1. The number of hydrogen-bond acceptors (Lipinski definition) is 6. The molecule has 4 atom stereocenters. The van der Waals surface area contributed by atoms with Gasteiger partial charge in [-0.2, -0.15) is 0 Å². The Hall–Kier alpha value is -3.34. The largest absolute Gasteiger partial charge is 0.481 e. The van der Waals surface area contributed by atoms with Crippen LogP contribution in [0, 0.1) is 23.7 Å². The summed E-state index contributed by atoms with van der Waals surface area (Å²) in [6.07, 6.45) is 4.80. The predicted octanol–water partition coefficient (Wildman–Crippen LogP) is 3.45. The normalized spacial score (nSPS) is 24.7. The van der Waals surface area contributed by atoms with E-state index in [9.17, 15) is 24.6 Å². The van der Waals surface area contributed by atoms with E-state index in [0.29, 0.717) is 49.6 Å². The molecular formula is C32H38N4O5S. The van der Waals surface area contributed by atoms with Crippen LogP contribution in [0.5, 0.6) is 0 Å². The highest BCUT2D eigenvalue weighted by molar-refractivity contribution is 7.81. The van der Waals surface area contributed by atoms with Gasteiger partial charge >= 0.3 is 11.9 Å². The third-order valence-electron chi connectivity index (χ3n) is 9.81. The van der Waals surface area contributed by atoms with Gasteiger partial charge < -0.3 is 25.7 Å². The zero-order chi connectivity index (χ0) is 29.4. The number of anilines is 2. The molecule has 1 amide bonds. The quantitative estimate of drug-likeness (QED) is 0.308. The summed E-state index contributed by atoms with van der Waals surface area (Å²) in [6.45, 7) is 3.09. The van der Waals surface area contributed by atoms with Gasteiger partial charge in [-0.25, -0.2) is 0 Å². The van der Waals surface area contributed by atoms with Crippen molar-refractivity contribution in [2.45, 2.75) is 50.5 Å². The van der Waals surface area contributed by atoms with Crippen molar-refractivity contribution in [3.63, 3.8) is 0 Å². The number of aliphatic carboxylic acids is 2. The second kappa shape index (κ2) is 11.7.